The van der Waals surface area contributed by atoms with Crippen LogP contribution in [0.15, 0.2) is 72.0 Å². The van der Waals surface area contributed by atoms with E-state index in [1.807, 2.05) is 12.2 Å². The molecule has 1 aliphatic carbocycles. The Morgan fingerprint density at radius 2 is 1.88 bits per heavy atom. The van der Waals surface area contributed by atoms with Crippen LogP contribution < -0.4 is 10.6 Å². The molecule has 2 N–H and O–H groups in total. The van der Waals surface area contributed by atoms with Crippen molar-refractivity contribution in [1.82, 2.24) is 0 Å². The number of hydrogen-bond donors (Lipinski definition) is 1. The van der Waals surface area contributed by atoms with Gasteiger partial charge in [-0.25, -0.2) is 0 Å². The van der Waals surface area contributed by atoms with Gasteiger partial charge in [0.15, 0.2) is 0 Å². The normalized spacial score (nSPS) is 15.2. The Bertz CT molecular complexity index is 662. The maximum Gasteiger partial charge on any atom is 0.0408 e. The fraction of sp³-hybridized carbons (Fsp3) is 0.391. The van der Waals surface area contributed by atoms with Gasteiger partial charge < -0.3 is 10.6 Å². The van der Waals surface area contributed by atoms with Crippen LogP contribution in [0.25, 0.3) is 0 Å². The van der Waals surface area contributed by atoms with E-state index in [0.29, 0.717) is 6.54 Å². The van der Waals surface area contributed by atoms with Crippen LogP contribution in [0.1, 0.15) is 45.1 Å². The Labute approximate surface area is 153 Å². The fourth-order valence-corrected chi connectivity index (χ4v) is 3.47. The maximum absolute atomic E-state index is 5.63. The average molecular weight is 337 g/mol. The number of benzene rings is 1. The zero-order valence-electron chi connectivity index (χ0n) is 15.9. The fourth-order valence-electron chi connectivity index (χ4n) is 3.47. The predicted octanol–water partition coefficient (Wildman–Crippen LogP) is 5.53. The number of hydrogen-bond acceptors (Lipinski definition) is 2. The third-order valence-electron chi connectivity index (χ3n) is 4.92. The Hall–Kier alpha value is -2.06. The molecule has 0 bridgehead atoms. The first-order valence-corrected chi connectivity index (χ1v) is 9.35. The lowest BCUT2D eigenvalue weighted by Gasteiger charge is -2.31. The molecule has 0 amide bonds. The summed E-state index contributed by atoms with van der Waals surface area (Å²) in [4.78, 5) is 2.47. The van der Waals surface area contributed by atoms with E-state index >= 15 is 0 Å². The van der Waals surface area contributed by atoms with Crippen LogP contribution >= 0.6 is 0 Å². The Morgan fingerprint density at radius 1 is 1.20 bits per heavy atom. The second-order valence-electron chi connectivity index (χ2n) is 6.81. The monoisotopic (exact) mass is 336 g/mol. The highest BCUT2D eigenvalue weighted by Gasteiger charge is 2.16. The molecule has 0 unspecified atom stereocenters. The number of nitrogens with two attached hydrogens (primary N) is 1. The molecule has 2 nitrogen and oxygen atoms in total. The Kier molecular flexibility index (Phi) is 7.27. The summed E-state index contributed by atoms with van der Waals surface area (Å²) in [6.07, 6.45) is 9.86. The molecule has 0 saturated heterocycles. The van der Waals surface area contributed by atoms with Crippen LogP contribution in [-0.2, 0) is 6.42 Å². The molecule has 1 aliphatic rings. The van der Waals surface area contributed by atoms with E-state index in [2.05, 4.69) is 56.2 Å². The van der Waals surface area contributed by atoms with Crippen LogP contribution in [0.2, 0.25) is 0 Å². The number of allylic oxidation sites excluding steroid dienone is 4. The van der Waals surface area contributed by atoms with Crippen LogP contribution in [0.5, 0.6) is 0 Å². The van der Waals surface area contributed by atoms with Crippen LogP contribution in [-0.4, -0.2) is 13.1 Å². The zero-order valence-corrected chi connectivity index (χ0v) is 15.9. The van der Waals surface area contributed by atoms with E-state index in [-0.39, 0.29) is 0 Å². The van der Waals surface area contributed by atoms with Crippen molar-refractivity contribution >= 4 is 5.69 Å². The summed E-state index contributed by atoms with van der Waals surface area (Å²) in [7, 11) is 0. The number of nitrogens with zero attached hydrogens (tertiary/aromatic N) is 1. The molecule has 0 spiro atoms. The first-order chi connectivity index (χ1) is 12.1. The highest BCUT2D eigenvalue weighted by molar-refractivity contribution is 5.54. The van der Waals surface area contributed by atoms with Gasteiger partial charge in [0, 0.05) is 24.5 Å². The topological polar surface area (TPSA) is 29.3 Å². The van der Waals surface area contributed by atoms with Crippen molar-refractivity contribution in [3.63, 3.8) is 0 Å². The first-order valence-electron chi connectivity index (χ1n) is 9.35. The molecule has 1 aromatic rings. The molecular formula is C23H32N2. The summed E-state index contributed by atoms with van der Waals surface area (Å²) in [5.41, 5.74) is 13.4. The second kappa shape index (κ2) is 9.43. The van der Waals surface area contributed by atoms with Crippen LogP contribution in [0.4, 0.5) is 5.69 Å². The number of anilines is 1. The zero-order chi connectivity index (χ0) is 18.2. The van der Waals surface area contributed by atoms with E-state index in [9.17, 15) is 0 Å². The van der Waals surface area contributed by atoms with Gasteiger partial charge in [0.25, 0.3) is 0 Å². The van der Waals surface area contributed by atoms with Gasteiger partial charge in [-0.15, -0.1) is 0 Å². The molecular weight excluding hydrogens is 304 g/mol. The van der Waals surface area contributed by atoms with Gasteiger partial charge in [0.05, 0.1) is 0 Å². The van der Waals surface area contributed by atoms with Crippen molar-refractivity contribution in [2.75, 3.05) is 18.0 Å². The number of rotatable bonds is 8. The molecule has 25 heavy (non-hydrogen) atoms. The van der Waals surface area contributed by atoms with E-state index in [0.717, 1.165) is 24.1 Å². The Morgan fingerprint density at radius 3 is 2.44 bits per heavy atom. The molecule has 0 fully saturated rings. The molecule has 0 atom stereocenters. The Balaban J connectivity index is 2.16. The summed E-state index contributed by atoms with van der Waals surface area (Å²) >= 11 is 0. The molecule has 2 rings (SSSR count). The van der Waals surface area contributed by atoms with Gasteiger partial charge in [-0.2, -0.15) is 0 Å². The van der Waals surface area contributed by atoms with E-state index < -0.39 is 0 Å². The van der Waals surface area contributed by atoms with Gasteiger partial charge in [0.2, 0.25) is 0 Å². The van der Waals surface area contributed by atoms with Gasteiger partial charge in [-0.1, -0.05) is 43.0 Å². The average Bonchev–Trinajstić information content (AvgIpc) is 2.64. The highest BCUT2D eigenvalue weighted by atomic mass is 15.1. The quantitative estimate of drug-likeness (QED) is 0.632. The van der Waals surface area contributed by atoms with Crippen molar-refractivity contribution in [2.24, 2.45) is 5.73 Å². The largest absolute Gasteiger partial charge is 0.345 e. The highest BCUT2D eigenvalue weighted by Crippen LogP contribution is 2.31. The minimum absolute atomic E-state index is 0.482. The standard InChI is InChI=1S/C23H32N2/c1-5-20(15-18(3)17-24)16-21-11-13-22(14-12-21)25(6-2)23-10-8-7-9-19(23)4/h5,11-15H,1,3,6-10,16-17,24H2,2,4H3/b20-15+. The van der Waals surface area contributed by atoms with Gasteiger partial charge in [0.1, 0.15) is 0 Å². The molecule has 2 heteroatoms. The predicted molar refractivity (Wildman–Crippen MR) is 111 cm³/mol. The van der Waals surface area contributed by atoms with Crippen LogP contribution in [0, 0.1) is 0 Å². The lowest BCUT2D eigenvalue weighted by molar-refractivity contribution is 0.649. The molecule has 1 aromatic carbocycles. The minimum atomic E-state index is 0.482. The summed E-state index contributed by atoms with van der Waals surface area (Å²) in [5, 5.41) is 0. The van der Waals surface area contributed by atoms with Crippen molar-refractivity contribution < 1.29 is 0 Å². The van der Waals surface area contributed by atoms with Crippen LogP contribution in [0.3, 0.4) is 0 Å². The SMILES string of the molecule is C=C/C(=C\C(=C)CN)Cc1ccc(N(CC)C2=C(C)CCCC2)cc1. The molecule has 0 aromatic heterocycles. The lowest BCUT2D eigenvalue weighted by atomic mass is 9.96. The molecule has 0 heterocycles. The molecule has 0 aliphatic heterocycles. The molecule has 134 valence electrons. The lowest BCUT2D eigenvalue weighted by Crippen LogP contribution is -2.24. The summed E-state index contributed by atoms with van der Waals surface area (Å²) in [6, 6.07) is 8.93. The van der Waals surface area contributed by atoms with Gasteiger partial charge in [-0.3, -0.25) is 0 Å². The second-order valence-corrected chi connectivity index (χ2v) is 6.81. The molecule has 0 saturated carbocycles. The van der Waals surface area contributed by atoms with E-state index in [4.69, 9.17) is 5.73 Å². The third kappa shape index (κ3) is 5.20. The maximum atomic E-state index is 5.63. The van der Waals surface area contributed by atoms with Crippen molar-refractivity contribution in [3.05, 3.63) is 77.6 Å². The summed E-state index contributed by atoms with van der Waals surface area (Å²) in [5.74, 6) is 0. The first kappa shape index (κ1) is 19.3. The third-order valence-corrected chi connectivity index (χ3v) is 4.92. The minimum Gasteiger partial charge on any atom is -0.345 e. The van der Waals surface area contributed by atoms with Gasteiger partial charge in [-0.05, 0) is 74.8 Å². The summed E-state index contributed by atoms with van der Waals surface area (Å²) in [6.45, 7) is 13.9. The van der Waals surface area contributed by atoms with Crippen molar-refractivity contribution in [3.8, 4) is 0 Å². The van der Waals surface area contributed by atoms with Crippen molar-refractivity contribution in [2.45, 2.75) is 46.0 Å². The molecule has 0 radical (unpaired) electrons. The van der Waals surface area contributed by atoms with E-state index in [1.165, 1.54) is 42.6 Å². The summed E-state index contributed by atoms with van der Waals surface area (Å²) < 4.78 is 0. The van der Waals surface area contributed by atoms with E-state index in [1.54, 1.807) is 5.57 Å². The van der Waals surface area contributed by atoms with Crippen molar-refractivity contribution in [1.29, 1.82) is 0 Å². The smallest absolute Gasteiger partial charge is 0.0408 e. The van der Waals surface area contributed by atoms with Gasteiger partial charge >= 0.3 is 0 Å².